The third-order valence-corrected chi connectivity index (χ3v) is 5.10. The van der Waals surface area contributed by atoms with E-state index in [1.54, 1.807) is 0 Å². The summed E-state index contributed by atoms with van der Waals surface area (Å²) in [5, 5.41) is 0. The van der Waals surface area contributed by atoms with E-state index in [4.69, 9.17) is 0 Å². The lowest BCUT2D eigenvalue weighted by atomic mass is 10.0. The maximum atomic E-state index is 12.6. The van der Waals surface area contributed by atoms with Crippen LogP contribution < -0.4 is 0 Å². The lowest BCUT2D eigenvalue weighted by Crippen LogP contribution is -2.44. The van der Waals surface area contributed by atoms with Crippen LogP contribution in [0.4, 0.5) is 0 Å². The Hall–Kier alpha value is -2.13. The van der Waals surface area contributed by atoms with Gasteiger partial charge in [0.15, 0.2) is 0 Å². The first-order valence-corrected chi connectivity index (χ1v) is 8.46. The van der Waals surface area contributed by atoms with Crippen molar-refractivity contribution in [2.24, 2.45) is 0 Å². The predicted molar refractivity (Wildman–Crippen MR) is 91.1 cm³/mol. The molecule has 3 nitrogen and oxygen atoms in total. The molecule has 2 aliphatic heterocycles. The summed E-state index contributed by atoms with van der Waals surface area (Å²) in [4.78, 5) is 17.2. The minimum absolute atomic E-state index is 0.224. The Morgan fingerprint density at radius 3 is 2.35 bits per heavy atom. The first-order chi connectivity index (χ1) is 11.3. The Morgan fingerprint density at radius 2 is 1.61 bits per heavy atom. The van der Waals surface area contributed by atoms with E-state index < -0.39 is 0 Å². The molecule has 23 heavy (non-hydrogen) atoms. The van der Waals surface area contributed by atoms with Crippen molar-refractivity contribution in [2.45, 2.75) is 32.0 Å². The van der Waals surface area contributed by atoms with Gasteiger partial charge in [-0.1, -0.05) is 48.5 Å². The molecular formula is C20H22N2O. The van der Waals surface area contributed by atoms with Gasteiger partial charge in [-0.2, -0.15) is 0 Å². The molecule has 2 aromatic rings. The summed E-state index contributed by atoms with van der Waals surface area (Å²) >= 11 is 0. The summed E-state index contributed by atoms with van der Waals surface area (Å²) in [6.45, 7) is 3.94. The van der Waals surface area contributed by atoms with Crippen LogP contribution in [0.1, 0.15) is 34.3 Å². The fourth-order valence-corrected chi connectivity index (χ4v) is 3.80. The van der Waals surface area contributed by atoms with Gasteiger partial charge in [-0.3, -0.25) is 9.69 Å². The van der Waals surface area contributed by atoms with Crippen LogP contribution in [0.5, 0.6) is 0 Å². The van der Waals surface area contributed by atoms with Gasteiger partial charge in [-0.25, -0.2) is 0 Å². The zero-order chi connectivity index (χ0) is 15.6. The SMILES string of the molecule is O=C1c2ccccc2CN1C1CCN(Cc2ccccc2)CC1. The van der Waals surface area contributed by atoms with E-state index in [-0.39, 0.29) is 5.91 Å². The smallest absolute Gasteiger partial charge is 0.254 e. The summed E-state index contributed by atoms with van der Waals surface area (Å²) < 4.78 is 0. The zero-order valence-electron chi connectivity index (χ0n) is 13.3. The van der Waals surface area contributed by atoms with Crippen LogP contribution in [0.3, 0.4) is 0 Å². The number of piperidine rings is 1. The Balaban J connectivity index is 1.37. The average molecular weight is 306 g/mol. The molecule has 0 N–H and O–H groups in total. The van der Waals surface area contributed by atoms with Gasteiger partial charge >= 0.3 is 0 Å². The third kappa shape index (κ3) is 2.89. The van der Waals surface area contributed by atoms with Crippen molar-refractivity contribution >= 4 is 5.91 Å². The largest absolute Gasteiger partial charge is 0.331 e. The number of hydrogen-bond donors (Lipinski definition) is 0. The molecule has 1 saturated heterocycles. The van der Waals surface area contributed by atoms with Crippen LogP contribution in [-0.4, -0.2) is 34.8 Å². The monoisotopic (exact) mass is 306 g/mol. The van der Waals surface area contributed by atoms with Gasteiger partial charge in [-0.05, 0) is 30.0 Å². The molecule has 2 aliphatic rings. The topological polar surface area (TPSA) is 23.6 Å². The molecule has 0 bridgehead atoms. The van der Waals surface area contributed by atoms with Crippen molar-refractivity contribution in [1.82, 2.24) is 9.80 Å². The van der Waals surface area contributed by atoms with E-state index in [1.807, 2.05) is 18.2 Å². The summed E-state index contributed by atoms with van der Waals surface area (Å²) in [5.41, 5.74) is 3.46. The van der Waals surface area contributed by atoms with E-state index in [2.05, 4.69) is 46.2 Å². The Kier molecular flexibility index (Phi) is 3.88. The van der Waals surface area contributed by atoms with Crippen LogP contribution in [0.25, 0.3) is 0 Å². The van der Waals surface area contributed by atoms with Crippen molar-refractivity contribution in [3.8, 4) is 0 Å². The Morgan fingerprint density at radius 1 is 0.913 bits per heavy atom. The maximum Gasteiger partial charge on any atom is 0.254 e. The number of benzene rings is 2. The van der Waals surface area contributed by atoms with Crippen LogP contribution in [0, 0.1) is 0 Å². The number of nitrogens with zero attached hydrogens (tertiary/aromatic N) is 2. The summed E-state index contributed by atoms with van der Waals surface area (Å²) in [6.07, 6.45) is 2.15. The molecule has 0 aromatic heterocycles. The van der Waals surface area contributed by atoms with Gasteiger partial charge in [0.05, 0.1) is 0 Å². The quantitative estimate of drug-likeness (QED) is 0.868. The van der Waals surface area contributed by atoms with Crippen molar-refractivity contribution in [3.05, 3.63) is 71.3 Å². The van der Waals surface area contributed by atoms with E-state index in [0.717, 1.165) is 44.6 Å². The molecule has 2 aromatic carbocycles. The number of rotatable bonds is 3. The van der Waals surface area contributed by atoms with E-state index in [0.29, 0.717) is 6.04 Å². The van der Waals surface area contributed by atoms with Crippen molar-refractivity contribution < 1.29 is 4.79 Å². The first kappa shape index (κ1) is 14.5. The molecule has 1 amide bonds. The van der Waals surface area contributed by atoms with Gasteiger partial charge in [-0.15, -0.1) is 0 Å². The highest BCUT2D eigenvalue weighted by Crippen LogP contribution is 2.28. The molecule has 1 fully saturated rings. The molecule has 3 heteroatoms. The van der Waals surface area contributed by atoms with Crippen LogP contribution in [0.2, 0.25) is 0 Å². The number of likely N-dealkylation sites (tertiary alicyclic amines) is 1. The van der Waals surface area contributed by atoms with Gasteiger partial charge in [0.2, 0.25) is 0 Å². The number of amides is 1. The fourth-order valence-electron chi connectivity index (χ4n) is 3.80. The second-order valence-electron chi connectivity index (χ2n) is 6.58. The van der Waals surface area contributed by atoms with Crippen molar-refractivity contribution in [2.75, 3.05) is 13.1 Å². The first-order valence-electron chi connectivity index (χ1n) is 8.46. The van der Waals surface area contributed by atoms with E-state index >= 15 is 0 Å². The predicted octanol–water partition coefficient (Wildman–Crippen LogP) is 3.31. The number of carbonyl (C=O) groups is 1. The number of carbonyl (C=O) groups excluding carboxylic acids is 1. The lowest BCUT2D eigenvalue weighted by molar-refractivity contribution is 0.0590. The molecule has 0 saturated carbocycles. The standard InChI is InChI=1S/C20H22N2O/c23-20-19-9-5-4-8-17(19)15-22(20)18-10-12-21(13-11-18)14-16-6-2-1-3-7-16/h1-9,18H,10-15H2. The highest BCUT2D eigenvalue weighted by molar-refractivity contribution is 5.98. The molecule has 0 aliphatic carbocycles. The highest BCUT2D eigenvalue weighted by Gasteiger charge is 2.34. The molecule has 0 spiro atoms. The van der Waals surface area contributed by atoms with Crippen LogP contribution in [0.15, 0.2) is 54.6 Å². The van der Waals surface area contributed by atoms with Crippen LogP contribution in [-0.2, 0) is 13.1 Å². The molecule has 0 atom stereocenters. The number of fused-ring (bicyclic) bond motifs is 1. The minimum atomic E-state index is 0.224. The normalized spacial score (nSPS) is 19.1. The van der Waals surface area contributed by atoms with Crippen molar-refractivity contribution in [1.29, 1.82) is 0 Å². The molecule has 2 heterocycles. The zero-order valence-corrected chi connectivity index (χ0v) is 13.3. The van der Waals surface area contributed by atoms with E-state index in [9.17, 15) is 4.79 Å². The maximum absolute atomic E-state index is 12.6. The molecular weight excluding hydrogens is 284 g/mol. The second-order valence-corrected chi connectivity index (χ2v) is 6.58. The van der Waals surface area contributed by atoms with Gasteiger partial charge in [0, 0.05) is 37.8 Å². The van der Waals surface area contributed by atoms with Gasteiger partial charge in [0.25, 0.3) is 5.91 Å². The number of hydrogen-bond acceptors (Lipinski definition) is 2. The highest BCUT2D eigenvalue weighted by atomic mass is 16.2. The molecule has 118 valence electrons. The summed E-state index contributed by atoms with van der Waals surface area (Å²) in [7, 11) is 0. The molecule has 4 rings (SSSR count). The summed E-state index contributed by atoms with van der Waals surface area (Å²) in [5.74, 6) is 0.224. The van der Waals surface area contributed by atoms with Crippen LogP contribution >= 0.6 is 0 Å². The minimum Gasteiger partial charge on any atom is -0.331 e. The third-order valence-electron chi connectivity index (χ3n) is 5.10. The lowest BCUT2D eigenvalue weighted by Gasteiger charge is -2.36. The van der Waals surface area contributed by atoms with E-state index in [1.165, 1.54) is 11.1 Å². The molecule has 0 radical (unpaired) electrons. The second kappa shape index (κ2) is 6.17. The van der Waals surface area contributed by atoms with Gasteiger partial charge in [0.1, 0.15) is 0 Å². The summed E-state index contributed by atoms with van der Waals surface area (Å²) in [6, 6.07) is 19.1. The van der Waals surface area contributed by atoms with Gasteiger partial charge < -0.3 is 4.90 Å². The Labute approximate surface area is 137 Å². The Bertz CT molecular complexity index is 690. The van der Waals surface area contributed by atoms with Crippen molar-refractivity contribution in [3.63, 3.8) is 0 Å². The fraction of sp³-hybridized carbons (Fsp3) is 0.350. The molecule has 0 unspecified atom stereocenters. The average Bonchev–Trinajstić information content (AvgIpc) is 2.94.